The Labute approximate surface area is 213 Å². The van der Waals surface area contributed by atoms with Gasteiger partial charge in [0.15, 0.2) is 23.8 Å². The summed E-state index contributed by atoms with van der Waals surface area (Å²) >= 11 is 0. The number of hydrogen-bond acceptors (Lipinski definition) is 6. The first-order valence-electron chi connectivity index (χ1n) is 11.6. The molecule has 1 aromatic heterocycles. The van der Waals surface area contributed by atoms with Crippen LogP contribution in [-0.4, -0.2) is 36.4 Å². The van der Waals surface area contributed by atoms with Crippen molar-refractivity contribution in [1.29, 1.82) is 0 Å². The molecular weight excluding hydrogens is 470 g/mol. The standard InChI is InChI=1S/C29H25N3O5/c1-35-25-14-11-19(15-26(25)36-2)17-32-24-10-6-5-9-23(24)28(29(32)34)31-30-27(33)18-37-22-13-12-20-7-3-4-8-21(20)16-22/h3-16,34H,17-18H2,1-2H3. The van der Waals surface area contributed by atoms with Gasteiger partial charge in [-0.2, -0.15) is 0 Å². The highest BCUT2D eigenvalue weighted by Crippen LogP contribution is 2.39. The van der Waals surface area contributed by atoms with Crippen LogP contribution in [0.15, 0.2) is 95.2 Å². The quantitative estimate of drug-likeness (QED) is 0.257. The summed E-state index contributed by atoms with van der Waals surface area (Å²) in [6.07, 6.45) is 0. The van der Waals surface area contributed by atoms with Crippen LogP contribution in [0.1, 0.15) is 5.56 Å². The van der Waals surface area contributed by atoms with Gasteiger partial charge in [-0.15, -0.1) is 10.2 Å². The minimum Gasteiger partial charge on any atom is -0.493 e. The molecule has 0 saturated heterocycles. The summed E-state index contributed by atoms with van der Waals surface area (Å²) in [5.74, 6) is 1.11. The molecule has 0 aliphatic heterocycles. The Balaban J connectivity index is 1.36. The van der Waals surface area contributed by atoms with E-state index in [9.17, 15) is 9.90 Å². The van der Waals surface area contributed by atoms with Crippen molar-refractivity contribution < 1.29 is 24.1 Å². The molecule has 4 aromatic carbocycles. The number of fused-ring (bicyclic) bond motifs is 2. The Kier molecular flexibility index (Phi) is 6.72. The van der Waals surface area contributed by atoms with Crippen LogP contribution >= 0.6 is 0 Å². The molecule has 0 atom stereocenters. The number of nitrogens with zero attached hydrogens (tertiary/aromatic N) is 3. The maximum atomic E-state index is 12.4. The van der Waals surface area contributed by atoms with Crippen LogP contribution < -0.4 is 14.2 Å². The number of aromatic nitrogens is 1. The van der Waals surface area contributed by atoms with Crippen molar-refractivity contribution in [3.8, 4) is 23.1 Å². The van der Waals surface area contributed by atoms with E-state index >= 15 is 0 Å². The lowest BCUT2D eigenvalue weighted by atomic mass is 10.1. The van der Waals surface area contributed by atoms with Crippen molar-refractivity contribution in [2.24, 2.45) is 10.2 Å². The number of carbonyl (C=O) groups excluding carboxylic acids is 1. The maximum Gasteiger partial charge on any atom is 0.302 e. The van der Waals surface area contributed by atoms with Gasteiger partial charge in [0.25, 0.3) is 0 Å². The Bertz CT molecular complexity index is 1620. The van der Waals surface area contributed by atoms with Crippen molar-refractivity contribution in [3.05, 3.63) is 90.5 Å². The molecule has 8 nitrogen and oxygen atoms in total. The summed E-state index contributed by atoms with van der Waals surface area (Å²) in [4.78, 5) is 12.4. The highest BCUT2D eigenvalue weighted by atomic mass is 16.5. The van der Waals surface area contributed by atoms with Crippen LogP contribution in [0.3, 0.4) is 0 Å². The molecule has 0 radical (unpaired) electrons. The predicted octanol–water partition coefficient (Wildman–Crippen LogP) is 6.25. The number of methoxy groups -OCH3 is 2. The van der Waals surface area contributed by atoms with Crippen LogP contribution in [0.25, 0.3) is 21.7 Å². The fourth-order valence-corrected chi connectivity index (χ4v) is 4.23. The number of ether oxygens (including phenoxy) is 3. The van der Waals surface area contributed by atoms with Gasteiger partial charge in [0, 0.05) is 5.39 Å². The van der Waals surface area contributed by atoms with Gasteiger partial charge in [-0.3, -0.25) is 4.79 Å². The Morgan fingerprint density at radius 3 is 2.43 bits per heavy atom. The molecule has 8 heteroatoms. The summed E-state index contributed by atoms with van der Waals surface area (Å²) in [5.41, 5.74) is 1.86. The molecule has 5 aromatic rings. The SMILES string of the molecule is COc1ccc(Cn2c(O)c(N=NC(=O)COc3ccc4ccccc4c3)c3ccccc32)cc1OC. The van der Waals surface area contributed by atoms with Gasteiger partial charge < -0.3 is 23.9 Å². The van der Waals surface area contributed by atoms with E-state index in [1.807, 2.05) is 78.9 Å². The summed E-state index contributed by atoms with van der Waals surface area (Å²) in [7, 11) is 3.15. The monoisotopic (exact) mass is 495 g/mol. The number of carbonyl (C=O) groups is 1. The van der Waals surface area contributed by atoms with Crippen molar-refractivity contribution in [2.45, 2.75) is 6.54 Å². The normalized spacial score (nSPS) is 11.3. The largest absolute Gasteiger partial charge is 0.493 e. The fraction of sp³-hybridized carbons (Fsp3) is 0.138. The topological polar surface area (TPSA) is 94.6 Å². The number of para-hydroxylation sites is 1. The van der Waals surface area contributed by atoms with E-state index in [1.165, 1.54) is 0 Å². The van der Waals surface area contributed by atoms with Gasteiger partial charge in [0.1, 0.15) is 5.75 Å². The van der Waals surface area contributed by atoms with Crippen molar-refractivity contribution in [1.82, 2.24) is 4.57 Å². The van der Waals surface area contributed by atoms with Gasteiger partial charge in [0.05, 0.1) is 26.3 Å². The number of hydrogen-bond donors (Lipinski definition) is 1. The number of azo groups is 1. The third-order valence-corrected chi connectivity index (χ3v) is 6.05. The van der Waals surface area contributed by atoms with Crippen molar-refractivity contribution in [2.75, 3.05) is 20.8 Å². The lowest BCUT2D eigenvalue weighted by Crippen LogP contribution is -2.07. The zero-order chi connectivity index (χ0) is 25.8. The molecule has 0 bridgehead atoms. The van der Waals surface area contributed by atoms with Crippen LogP contribution in [0.2, 0.25) is 0 Å². The lowest BCUT2D eigenvalue weighted by Gasteiger charge is -2.11. The second-order valence-corrected chi connectivity index (χ2v) is 8.36. The molecule has 1 N–H and O–H groups in total. The zero-order valence-corrected chi connectivity index (χ0v) is 20.4. The average Bonchev–Trinajstić information content (AvgIpc) is 3.20. The van der Waals surface area contributed by atoms with Gasteiger partial charge in [0.2, 0.25) is 5.88 Å². The molecule has 0 fully saturated rings. The average molecular weight is 496 g/mol. The van der Waals surface area contributed by atoms with Crippen LogP contribution in [0, 0.1) is 0 Å². The molecule has 0 aliphatic carbocycles. The van der Waals surface area contributed by atoms with Crippen LogP contribution in [-0.2, 0) is 11.3 Å². The smallest absolute Gasteiger partial charge is 0.302 e. The molecule has 0 unspecified atom stereocenters. The Morgan fingerprint density at radius 2 is 1.62 bits per heavy atom. The molecule has 37 heavy (non-hydrogen) atoms. The van der Waals surface area contributed by atoms with Crippen molar-refractivity contribution in [3.63, 3.8) is 0 Å². The molecule has 1 heterocycles. The number of amides is 1. The summed E-state index contributed by atoms with van der Waals surface area (Å²) in [5, 5.41) is 21.7. The van der Waals surface area contributed by atoms with E-state index in [1.54, 1.807) is 24.9 Å². The van der Waals surface area contributed by atoms with Crippen molar-refractivity contribution >= 4 is 33.3 Å². The highest BCUT2D eigenvalue weighted by Gasteiger charge is 2.18. The second-order valence-electron chi connectivity index (χ2n) is 8.36. The molecule has 0 aliphatic rings. The number of benzene rings is 4. The Hall–Kier alpha value is -4.85. The molecular formula is C29H25N3O5. The van der Waals surface area contributed by atoms with Gasteiger partial charge >= 0.3 is 5.91 Å². The first-order chi connectivity index (χ1) is 18.1. The lowest BCUT2D eigenvalue weighted by molar-refractivity contribution is -0.120. The first-order valence-corrected chi connectivity index (χ1v) is 11.6. The molecule has 0 saturated carbocycles. The third kappa shape index (κ3) is 4.95. The molecule has 186 valence electrons. The highest BCUT2D eigenvalue weighted by molar-refractivity contribution is 5.95. The third-order valence-electron chi connectivity index (χ3n) is 6.05. The predicted molar refractivity (Wildman–Crippen MR) is 141 cm³/mol. The second kappa shape index (κ2) is 10.4. The van der Waals surface area contributed by atoms with E-state index in [0.717, 1.165) is 21.9 Å². The molecule has 5 rings (SSSR count). The first kappa shape index (κ1) is 23.9. The number of rotatable bonds is 8. The van der Waals surface area contributed by atoms with Gasteiger partial charge in [-0.1, -0.05) is 54.6 Å². The number of aromatic hydroxyl groups is 1. The summed E-state index contributed by atoms with van der Waals surface area (Å²) in [6.45, 7) is 0.0775. The van der Waals surface area contributed by atoms with Gasteiger partial charge in [-0.05, 0) is 46.7 Å². The van der Waals surface area contributed by atoms with Gasteiger partial charge in [-0.25, -0.2) is 0 Å². The summed E-state index contributed by atoms with van der Waals surface area (Å²) in [6, 6.07) is 26.5. The van der Waals surface area contributed by atoms with Crippen LogP contribution in [0.4, 0.5) is 5.69 Å². The minimum atomic E-state index is -0.565. The van der Waals surface area contributed by atoms with E-state index in [4.69, 9.17) is 14.2 Å². The van der Waals surface area contributed by atoms with E-state index in [0.29, 0.717) is 29.2 Å². The van der Waals surface area contributed by atoms with E-state index in [2.05, 4.69) is 10.2 Å². The van der Waals surface area contributed by atoms with Crippen LogP contribution in [0.5, 0.6) is 23.1 Å². The maximum absolute atomic E-state index is 12.4. The Morgan fingerprint density at radius 1 is 0.865 bits per heavy atom. The molecule has 0 spiro atoms. The van der Waals surface area contributed by atoms with E-state index < -0.39 is 5.91 Å². The summed E-state index contributed by atoms with van der Waals surface area (Å²) < 4.78 is 18.0. The minimum absolute atomic E-state index is 0.0945. The van der Waals surface area contributed by atoms with E-state index in [-0.39, 0.29) is 18.2 Å². The molecule has 1 amide bonds. The fourth-order valence-electron chi connectivity index (χ4n) is 4.23. The zero-order valence-electron chi connectivity index (χ0n) is 20.4.